The fraction of sp³-hybridized carbons (Fsp3) is 0.667. The molecular formula is C9H21O4Ti-. The average molecular weight is 241 g/mol. The molecule has 0 radical (unpaired) electrons. The average Bonchev–Trinajstić information content (AvgIpc) is 2.09. The van der Waals surface area contributed by atoms with Gasteiger partial charge in [-0.05, 0) is 0 Å². The van der Waals surface area contributed by atoms with Gasteiger partial charge in [0.1, 0.15) is 0 Å². The van der Waals surface area contributed by atoms with Crippen LogP contribution in [0.2, 0.25) is 0 Å². The summed E-state index contributed by atoms with van der Waals surface area (Å²) >= 11 is 0. The molecule has 0 unspecified atom stereocenters. The molecule has 5 heteroatoms. The normalized spacial score (nSPS) is 6.86. The van der Waals surface area contributed by atoms with Crippen LogP contribution in [0, 0.1) is 6.92 Å². The summed E-state index contributed by atoms with van der Waals surface area (Å²) in [5.74, 6) is 0. The molecule has 0 aliphatic carbocycles. The monoisotopic (exact) mass is 241 g/mol. The second-order valence-corrected chi connectivity index (χ2v) is 1.72. The molecule has 0 aromatic rings. The first-order valence-corrected chi connectivity index (χ1v) is 3.84. The predicted molar refractivity (Wildman–Crippen MR) is 53.5 cm³/mol. The van der Waals surface area contributed by atoms with Crippen LogP contribution in [0.1, 0.15) is 0 Å². The van der Waals surface area contributed by atoms with E-state index in [-0.39, 0.29) is 34.9 Å². The molecule has 14 heavy (non-hydrogen) atoms. The molecule has 0 rings (SSSR count). The van der Waals surface area contributed by atoms with Gasteiger partial charge >= 0.3 is 0 Å². The minimum Gasteiger partial charge on any atom is -0.394 e. The van der Waals surface area contributed by atoms with Crippen LogP contribution in [0.15, 0.2) is 12.7 Å². The smallest absolute Gasteiger partial charge is 0.0693 e. The van der Waals surface area contributed by atoms with Crippen LogP contribution in [0.25, 0.3) is 0 Å². The van der Waals surface area contributed by atoms with Crippen molar-refractivity contribution in [1.29, 1.82) is 0 Å². The minimum absolute atomic E-state index is 0. The first-order valence-electron chi connectivity index (χ1n) is 3.84. The maximum atomic E-state index is 7.94. The number of rotatable bonds is 4. The Hall–Kier alpha value is 0.164. The third-order valence-electron chi connectivity index (χ3n) is 0.591. The summed E-state index contributed by atoms with van der Waals surface area (Å²) in [4.78, 5) is 0. The van der Waals surface area contributed by atoms with Gasteiger partial charge in [-0.3, -0.25) is 0 Å². The molecule has 0 heterocycles. The third-order valence-corrected chi connectivity index (χ3v) is 0.591. The van der Waals surface area contributed by atoms with E-state index in [1.165, 1.54) is 6.08 Å². The quantitative estimate of drug-likeness (QED) is 0.547. The summed E-state index contributed by atoms with van der Waals surface area (Å²) in [6, 6.07) is 0. The van der Waals surface area contributed by atoms with E-state index < -0.39 is 0 Å². The molecule has 0 aromatic carbocycles. The van der Waals surface area contributed by atoms with E-state index in [1.54, 1.807) is 14.2 Å². The summed E-state index contributed by atoms with van der Waals surface area (Å²) < 4.78 is 8.88. The summed E-state index contributed by atoms with van der Waals surface area (Å²) in [5.41, 5.74) is 0. The number of methoxy groups -OCH3 is 2. The molecule has 0 saturated heterocycles. The van der Waals surface area contributed by atoms with Gasteiger partial charge in [-0.2, -0.15) is 0 Å². The number of aliphatic hydroxyl groups is 2. The Bertz CT molecular complexity index is 61.8. The van der Waals surface area contributed by atoms with Crippen LogP contribution < -0.4 is 0 Å². The van der Waals surface area contributed by atoms with Gasteiger partial charge in [0.2, 0.25) is 0 Å². The van der Waals surface area contributed by atoms with Crippen LogP contribution in [-0.4, -0.2) is 50.9 Å². The summed E-state index contributed by atoms with van der Waals surface area (Å²) in [5, 5.41) is 15.9. The summed E-state index contributed by atoms with van der Waals surface area (Å²) in [6.45, 7) is 7.63. The number of hydrogen-bond acceptors (Lipinski definition) is 4. The Morgan fingerprint density at radius 1 is 1.14 bits per heavy atom. The number of aliphatic hydroxyl groups excluding tert-OH is 2. The standard InChI is InChI=1S/2C3H8O2.C3H5.Ti/c2*1-5-3-2-4;1-3-2;/h2*4H,2-3H2,1H3;3H,1-2H2;/q;;-1;. The Balaban J connectivity index is -0.0000000535. The number of allylic oxidation sites excluding steroid dienone is 1. The van der Waals surface area contributed by atoms with Crippen molar-refractivity contribution in [2.24, 2.45) is 0 Å². The van der Waals surface area contributed by atoms with Crippen LogP contribution in [-0.2, 0) is 31.2 Å². The Kier molecular flexibility index (Phi) is 64.4. The van der Waals surface area contributed by atoms with Crippen molar-refractivity contribution in [2.45, 2.75) is 0 Å². The van der Waals surface area contributed by atoms with Crippen molar-refractivity contribution in [1.82, 2.24) is 0 Å². The maximum Gasteiger partial charge on any atom is 0.0693 e. The fourth-order valence-corrected chi connectivity index (χ4v) is 0.183. The van der Waals surface area contributed by atoms with E-state index in [1.807, 2.05) is 0 Å². The van der Waals surface area contributed by atoms with Crippen molar-refractivity contribution in [3.63, 3.8) is 0 Å². The first kappa shape index (κ1) is 23.8. The molecule has 0 amide bonds. The molecule has 0 bridgehead atoms. The molecule has 86 valence electrons. The zero-order chi connectivity index (χ0) is 10.9. The van der Waals surface area contributed by atoms with E-state index in [4.69, 9.17) is 10.2 Å². The van der Waals surface area contributed by atoms with Gasteiger partial charge in [-0.15, -0.1) is 0 Å². The van der Waals surface area contributed by atoms with Gasteiger partial charge in [0.05, 0.1) is 26.4 Å². The molecular weight excluding hydrogens is 220 g/mol. The predicted octanol–water partition coefficient (Wildman–Crippen LogP) is 0.254. The van der Waals surface area contributed by atoms with Crippen LogP contribution in [0.5, 0.6) is 0 Å². The maximum absolute atomic E-state index is 7.94. The molecule has 0 aromatic heterocycles. The van der Waals surface area contributed by atoms with Crippen molar-refractivity contribution in [2.75, 3.05) is 40.6 Å². The molecule has 0 spiro atoms. The number of ether oxygens (including phenoxy) is 2. The largest absolute Gasteiger partial charge is 0.394 e. The first-order chi connectivity index (χ1) is 6.24. The molecule has 0 saturated carbocycles. The fourth-order valence-electron chi connectivity index (χ4n) is 0.183. The van der Waals surface area contributed by atoms with Crippen LogP contribution in [0.4, 0.5) is 0 Å². The van der Waals surface area contributed by atoms with Gasteiger partial charge in [0.15, 0.2) is 0 Å². The Morgan fingerprint density at radius 3 is 1.36 bits per heavy atom. The Morgan fingerprint density at radius 2 is 1.36 bits per heavy atom. The van der Waals surface area contributed by atoms with E-state index in [0.717, 1.165) is 0 Å². The SMILES string of the molecule is C=C[CH2-].COCCO.COCCO.[Ti]. The second kappa shape index (κ2) is 38.0. The van der Waals surface area contributed by atoms with Gasteiger partial charge in [-0.1, -0.05) is 0 Å². The van der Waals surface area contributed by atoms with Crippen molar-refractivity contribution in [3.8, 4) is 0 Å². The molecule has 0 aliphatic heterocycles. The molecule has 0 fully saturated rings. The zero-order valence-corrected chi connectivity index (χ0v) is 10.6. The van der Waals surface area contributed by atoms with Gasteiger partial charge in [-0.25, -0.2) is 19.6 Å². The molecule has 0 aliphatic rings. The van der Waals surface area contributed by atoms with E-state index in [0.29, 0.717) is 13.2 Å². The van der Waals surface area contributed by atoms with Gasteiger partial charge < -0.3 is 19.7 Å². The summed E-state index contributed by atoms with van der Waals surface area (Å²) in [7, 11) is 3.10. The molecule has 0 atom stereocenters. The number of hydrogen-bond donors (Lipinski definition) is 2. The van der Waals surface area contributed by atoms with Crippen molar-refractivity contribution >= 4 is 0 Å². The third kappa shape index (κ3) is 87.4. The van der Waals surface area contributed by atoms with Crippen LogP contribution in [0.3, 0.4) is 0 Å². The zero-order valence-electron chi connectivity index (χ0n) is 9.03. The second-order valence-electron chi connectivity index (χ2n) is 1.72. The van der Waals surface area contributed by atoms with Crippen LogP contribution >= 0.6 is 0 Å². The van der Waals surface area contributed by atoms with E-state index in [9.17, 15) is 0 Å². The summed E-state index contributed by atoms with van der Waals surface area (Å²) in [6.07, 6.45) is 1.50. The topological polar surface area (TPSA) is 58.9 Å². The van der Waals surface area contributed by atoms with Crippen molar-refractivity contribution < 1.29 is 41.4 Å². The van der Waals surface area contributed by atoms with Gasteiger partial charge in [0.25, 0.3) is 0 Å². The van der Waals surface area contributed by atoms with Crippen molar-refractivity contribution in [3.05, 3.63) is 19.6 Å². The van der Waals surface area contributed by atoms with Gasteiger partial charge in [0, 0.05) is 35.9 Å². The minimum atomic E-state index is 0. The van der Waals surface area contributed by atoms with E-state index in [2.05, 4.69) is 23.0 Å². The van der Waals surface area contributed by atoms with E-state index >= 15 is 0 Å². The Labute approximate surface area is 102 Å². The molecule has 2 N–H and O–H groups in total. The molecule has 4 nitrogen and oxygen atoms in total.